The van der Waals surface area contributed by atoms with Crippen LogP contribution in [-0.4, -0.2) is 41.9 Å². The zero-order valence-electron chi connectivity index (χ0n) is 16.7. The Labute approximate surface area is 161 Å². The number of aromatic nitrogens is 2. The summed E-state index contributed by atoms with van der Waals surface area (Å²) in [6, 6.07) is 6.13. The number of hydrogen-bond acceptors (Lipinski definition) is 7. The Balaban J connectivity index is 2.37. The van der Waals surface area contributed by atoms with Gasteiger partial charge in [0.1, 0.15) is 11.6 Å². The summed E-state index contributed by atoms with van der Waals surface area (Å²) >= 11 is 0. The number of nitrogen functional groups attached to an aromatic ring is 1. The van der Waals surface area contributed by atoms with Gasteiger partial charge in [-0.25, -0.2) is 4.98 Å². The maximum atomic E-state index is 9.64. The van der Waals surface area contributed by atoms with E-state index in [1.165, 1.54) is 0 Å². The largest absolute Gasteiger partial charge is 0.496 e. The molecule has 1 heterocycles. The zero-order chi connectivity index (χ0) is 19.8. The quantitative estimate of drug-likeness (QED) is 0.506. The van der Waals surface area contributed by atoms with E-state index in [4.69, 9.17) is 10.5 Å². The van der Waals surface area contributed by atoms with Crippen molar-refractivity contribution in [3.63, 3.8) is 0 Å². The first-order valence-electron chi connectivity index (χ1n) is 9.33. The van der Waals surface area contributed by atoms with Gasteiger partial charge in [-0.15, -0.1) is 0 Å². The van der Waals surface area contributed by atoms with Crippen LogP contribution in [0.15, 0.2) is 18.2 Å². The fourth-order valence-corrected chi connectivity index (χ4v) is 3.14. The van der Waals surface area contributed by atoms with E-state index in [9.17, 15) is 5.11 Å². The molecular weight excluding hydrogens is 342 g/mol. The second-order valence-corrected chi connectivity index (χ2v) is 6.66. The molecule has 0 fully saturated rings. The summed E-state index contributed by atoms with van der Waals surface area (Å²) in [5, 5.41) is 16.1. The SMILES string of the molecule is CCCC(CO)Nc1nc(N)nc(C)c1Cc1ccc(CNC)cc1OC. The maximum Gasteiger partial charge on any atom is 0.222 e. The van der Waals surface area contributed by atoms with Crippen molar-refractivity contribution in [2.24, 2.45) is 0 Å². The van der Waals surface area contributed by atoms with E-state index in [0.29, 0.717) is 12.2 Å². The summed E-state index contributed by atoms with van der Waals surface area (Å²) in [7, 11) is 3.60. The van der Waals surface area contributed by atoms with E-state index >= 15 is 0 Å². The number of ether oxygens (including phenoxy) is 1. The first-order chi connectivity index (χ1) is 13.0. The average molecular weight is 374 g/mol. The second-order valence-electron chi connectivity index (χ2n) is 6.66. The molecule has 1 aromatic carbocycles. The van der Waals surface area contributed by atoms with Gasteiger partial charge >= 0.3 is 0 Å². The molecule has 5 N–H and O–H groups in total. The Bertz CT molecular complexity index is 751. The van der Waals surface area contributed by atoms with E-state index in [2.05, 4.69) is 39.7 Å². The highest BCUT2D eigenvalue weighted by Crippen LogP contribution is 2.28. The summed E-state index contributed by atoms with van der Waals surface area (Å²) in [5.74, 6) is 1.73. The number of methoxy groups -OCH3 is 1. The van der Waals surface area contributed by atoms with Crippen LogP contribution in [0.5, 0.6) is 5.75 Å². The number of nitrogens with one attached hydrogen (secondary N) is 2. The van der Waals surface area contributed by atoms with Gasteiger partial charge in [0.05, 0.1) is 19.8 Å². The number of aliphatic hydroxyl groups is 1. The smallest absolute Gasteiger partial charge is 0.222 e. The minimum Gasteiger partial charge on any atom is -0.496 e. The van der Waals surface area contributed by atoms with E-state index in [-0.39, 0.29) is 18.6 Å². The molecule has 0 saturated heterocycles. The molecule has 0 bridgehead atoms. The van der Waals surface area contributed by atoms with Crippen LogP contribution >= 0.6 is 0 Å². The third kappa shape index (κ3) is 5.55. The van der Waals surface area contributed by atoms with Gasteiger partial charge in [0, 0.05) is 24.2 Å². The Morgan fingerprint density at radius 1 is 1.30 bits per heavy atom. The van der Waals surface area contributed by atoms with Crippen LogP contribution in [0.1, 0.15) is 42.1 Å². The predicted octanol–water partition coefficient (Wildman–Crippen LogP) is 2.26. The van der Waals surface area contributed by atoms with Gasteiger partial charge in [-0.1, -0.05) is 25.5 Å². The molecule has 1 unspecified atom stereocenters. The van der Waals surface area contributed by atoms with Gasteiger partial charge in [0.2, 0.25) is 5.95 Å². The van der Waals surface area contributed by atoms with Gasteiger partial charge in [-0.3, -0.25) is 0 Å². The molecule has 0 aliphatic heterocycles. The molecule has 7 nitrogen and oxygen atoms in total. The van der Waals surface area contributed by atoms with Gasteiger partial charge in [0.15, 0.2) is 0 Å². The maximum absolute atomic E-state index is 9.64. The molecule has 2 aromatic rings. The third-order valence-corrected chi connectivity index (χ3v) is 4.53. The molecule has 0 radical (unpaired) electrons. The van der Waals surface area contributed by atoms with Crippen molar-refractivity contribution >= 4 is 11.8 Å². The molecule has 0 spiro atoms. The molecule has 0 aliphatic rings. The number of aliphatic hydroxyl groups excluding tert-OH is 1. The minimum absolute atomic E-state index is 0.0400. The van der Waals surface area contributed by atoms with Crippen molar-refractivity contribution in [2.75, 3.05) is 31.8 Å². The molecular formula is C20H31N5O2. The molecule has 2 rings (SSSR count). The summed E-state index contributed by atoms with van der Waals surface area (Å²) in [6.45, 7) is 4.83. The number of nitrogens with two attached hydrogens (primary N) is 1. The molecule has 1 atom stereocenters. The average Bonchev–Trinajstić information content (AvgIpc) is 2.65. The lowest BCUT2D eigenvalue weighted by Gasteiger charge is -2.20. The molecule has 0 saturated carbocycles. The van der Waals surface area contributed by atoms with Crippen LogP contribution in [0.3, 0.4) is 0 Å². The van der Waals surface area contributed by atoms with Crippen molar-refractivity contribution in [3.8, 4) is 5.75 Å². The summed E-state index contributed by atoms with van der Waals surface area (Å²) < 4.78 is 5.60. The topological polar surface area (TPSA) is 105 Å². The lowest BCUT2D eigenvalue weighted by atomic mass is 10.0. The Morgan fingerprint density at radius 2 is 2.07 bits per heavy atom. The summed E-state index contributed by atoms with van der Waals surface area (Å²) in [5.41, 5.74) is 9.85. The third-order valence-electron chi connectivity index (χ3n) is 4.53. The van der Waals surface area contributed by atoms with E-state index in [1.54, 1.807) is 7.11 Å². The van der Waals surface area contributed by atoms with Crippen LogP contribution in [0.2, 0.25) is 0 Å². The lowest BCUT2D eigenvalue weighted by Crippen LogP contribution is -2.25. The fraction of sp³-hybridized carbons (Fsp3) is 0.500. The molecule has 0 amide bonds. The van der Waals surface area contributed by atoms with Crippen LogP contribution in [-0.2, 0) is 13.0 Å². The van der Waals surface area contributed by atoms with Crippen molar-refractivity contribution in [3.05, 3.63) is 40.6 Å². The number of hydrogen-bond donors (Lipinski definition) is 4. The van der Waals surface area contributed by atoms with Crippen LogP contribution < -0.4 is 21.1 Å². The van der Waals surface area contributed by atoms with Crippen molar-refractivity contribution in [1.29, 1.82) is 0 Å². The van der Waals surface area contributed by atoms with Crippen LogP contribution in [0.25, 0.3) is 0 Å². The number of aryl methyl sites for hydroxylation is 1. The van der Waals surface area contributed by atoms with Crippen LogP contribution in [0.4, 0.5) is 11.8 Å². The first-order valence-corrected chi connectivity index (χ1v) is 9.33. The van der Waals surface area contributed by atoms with E-state index in [1.807, 2.05) is 20.0 Å². The molecule has 148 valence electrons. The highest BCUT2D eigenvalue weighted by molar-refractivity contribution is 5.53. The van der Waals surface area contributed by atoms with E-state index < -0.39 is 0 Å². The van der Waals surface area contributed by atoms with Gasteiger partial charge in [0.25, 0.3) is 0 Å². The number of benzene rings is 1. The fourth-order valence-electron chi connectivity index (χ4n) is 3.14. The van der Waals surface area contributed by atoms with Gasteiger partial charge in [-0.05, 0) is 37.6 Å². The van der Waals surface area contributed by atoms with E-state index in [0.717, 1.165) is 47.5 Å². The normalized spacial score (nSPS) is 12.0. The van der Waals surface area contributed by atoms with Gasteiger partial charge in [-0.2, -0.15) is 4.98 Å². The Hall–Kier alpha value is -2.38. The van der Waals surface area contributed by atoms with Crippen molar-refractivity contribution in [2.45, 2.75) is 45.7 Å². The summed E-state index contributed by atoms with van der Waals surface area (Å²) in [6.07, 6.45) is 2.43. The number of anilines is 2. The first kappa shape index (κ1) is 20.9. The Kier molecular flexibility index (Phi) is 7.82. The second kappa shape index (κ2) is 10.1. The minimum atomic E-state index is -0.0673. The number of rotatable bonds is 10. The van der Waals surface area contributed by atoms with Crippen LogP contribution in [0, 0.1) is 6.92 Å². The lowest BCUT2D eigenvalue weighted by molar-refractivity contribution is 0.268. The number of nitrogens with zero attached hydrogens (tertiary/aromatic N) is 2. The monoisotopic (exact) mass is 373 g/mol. The molecule has 0 aliphatic carbocycles. The summed E-state index contributed by atoms with van der Waals surface area (Å²) in [4.78, 5) is 8.72. The molecule has 27 heavy (non-hydrogen) atoms. The standard InChI is InChI=1S/C20H31N5O2/c1-5-6-16(12-26)24-19-17(13(2)23-20(21)25-19)10-15-8-7-14(11-22-3)9-18(15)27-4/h7-9,16,22,26H,5-6,10-12H2,1-4H3,(H3,21,23,24,25). The van der Waals surface area contributed by atoms with Crippen molar-refractivity contribution < 1.29 is 9.84 Å². The predicted molar refractivity (Wildman–Crippen MR) is 109 cm³/mol. The molecule has 1 aromatic heterocycles. The van der Waals surface area contributed by atoms with Crippen molar-refractivity contribution in [1.82, 2.24) is 15.3 Å². The van der Waals surface area contributed by atoms with Gasteiger partial charge < -0.3 is 26.2 Å². The Morgan fingerprint density at radius 3 is 2.70 bits per heavy atom. The highest BCUT2D eigenvalue weighted by Gasteiger charge is 2.17. The zero-order valence-corrected chi connectivity index (χ0v) is 16.7. The molecule has 7 heteroatoms. The highest BCUT2D eigenvalue weighted by atomic mass is 16.5.